The van der Waals surface area contributed by atoms with E-state index in [4.69, 9.17) is 4.74 Å². The lowest BCUT2D eigenvalue weighted by atomic mass is 9.85. The van der Waals surface area contributed by atoms with Crippen molar-refractivity contribution in [2.75, 3.05) is 7.11 Å². The maximum atomic E-state index is 13.1. The first-order chi connectivity index (χ1) is 10.0. The summed E-state index contributed by atoms with van der Waals surface area (Å²) in [6.07, 6.45) is 4.91. The van der Waals surface area contributed by atoms with Crippen LogP contribution in [-0.2, 0) is 14.3 Å². The normalized spacial score (nSPS) is 32.4. The second-order valence-electron chi connectivity index (χ2n) is 6.19. The van der Waals surface area contributed by atoms with Crippen LogP contribution in [0, 0.1) is 0 Å². The Labute approximate surface area is 127 Å². The standard InChI is InChI=1S/C16H28N2O3/c1-5-11-14(19)17-16(6-2,7-3)15(20)18(11)12-9-8-10-13(12)21-4/h11-13H,5-10H2,1-4H3,(H,17,19). The molecular weight excluding hydrogens is 268 g/mol. The van der Waals surface area contributed by atoms with Crippen LogP contribution in [0.4, 0.5) is 0 Å². The van der Waals surface area contributed by atoms with E-state index in [1.807, 2.05) is 25.7 Å². The van der Waals surface area contributed by atoms with Crippen molar-refractivity contribution in [2.45, 2.75) is 83.0 Å². The van der Waals surface area contributed by atoms with Crippen molar-refractivity contribution in [3.05, 3.63) is 0 Å². The fourth-order valence-electron chi connectivity index (χ4n) is 3.88. The van der Waals surface area contributed by atoms with E-state index < -0.39 is 5.54 Å². The van der Waals surface area contributed by atoms with Gasteiger partial charge in [0.05, 0.1) is 12.1 Å². The number of rotatable bonds is 5. The smallest absolute Gasteiger partial charge is 0.249 e. The Hall–Kier alpha value is -1.10. The van der Waals surface area contributed by atoms with Crippen molar-refractivity contribution in [3.63, 3.8) is 0 Å². The zero-order valence-corrected chi connectivity index (χ0v) is 13.6. The van der Waals surface area contributed by atoms with Gasteiger partial charge in [-0.05, 0) is 38.5 Å². The Kier molecular flexibility index (Phi) is 4.91. The van der Waals surface area contributed by atoms with E-state index in [2.05, 4.69) is 5.32 Å². The molecule has 120 valence electrons. The molecule has 0 bridgehead atoms. The highest BCUT2D eigenvalue weighted by molar-refractivity contribution is 6.00. The van der Waals surface area contributed by atoms with Gasteiger partial charge >= 0.3 is 0 Å². The summed E-state index contributed by atoms with van der Waals surface area (Å²) >= 11 is 0. The van der Waals surface area contributed by atoms with Crippen molar-refractivity contribution in [1.82, 2.24) is 10.2 Å². The van der Waals surface area contributed by atoms with Crippen LogP contribution in [0.25, 0.3) is 0 Å². The molecule has 1 aliphatic heterocycles. The number of amides is 2. The summed E-state index contributed by atoms with van der Waals surface area (Å²) < 4.78 is 5.56. The highest BCUT2D eigenvalue weighted by Crippen LogP contribution is 2.34. The fraction of sp³-hybridized carbons (Fsp3) is 0.875. The lowest BCUT2D eigenvalue weighted by Crippen LogP contribution is -2.72. The van der Waals surface area contributed by atoms with Crippen LogP contribution in [0.5, 0.6) is 0 Å². The molecule has 2 aliphatic rings. The molecule has 1 saturated carbocycles. The summed E-state index contributed by atoms with van der Waals surface area (Å²) in [7, 11) is 1.70. The van der Waals surface area contributed by atoms with E-state index in [1.54, 1.807) is 7.11 Å². The Morgan fingerprint density at radius 2 is 1.90 bits per heavy atom. The zero-order chi connectivity index (χ0) is 15.6. The van der Waals surface area contributed by atoms with Crippen LogP contribution in [0.3, 0.4) is 0 Å². The topological polar surface area (TPSA) is 58.6 Å². The van der Waals surface area contributed by atoms with Crippen LogP contribution in [0.2, 0.25) is 0 Å². The van der Waals surface area contributed by atoms with Gasteiger partial charge in [0.1, 0.15) is 11.6 Å². The van der Waals surface area contributed by atoms with E-state index in [-0.39, 0.29) is 30.0 Å². The van der Waals surface area contributed by atoms with Crippen molar-refractivity contribution >= 4 is 11.8 Å². The quantitative estimate of drug-likeness (QED) is 0.842. The molecule has 0 aromatic rings. The van der Waals surface area contributed by atoms with E-state index in [1.165, 1.54) is 0 Å². The number of ether oxygens (including phenoxy) is 1. The van der Waals surface area contributed by atoms with Gasteiger partial charge in [0.25, 0.3) is 0 Å². The van der Waals surface area contributed by atoms with Gasteiger partial charge in [-0.25, -0.2) is 0 Å². The molecule has 1 N–H and O–H groups in total. The van der Waals surface area contributed by atoms with Crippen LogP contribution in [0.15, 0.2) is 0 Å². The third-order valence-electron chi connectivity index (χ3n) is 5.32. The molecular formula is C16H28N2O3. The molecule has 0 aromatic heterocycles. The van der Waals surface area contributed by atoms with Crippen LogP contribution in [0.1, 0.15) is 59.3 Å². The number of carbonyl (C=O) groups excluding carboxylic acids is 2. The first kappa shape index (κ1) is 16.3. The molecule has 1 aliphatic carbocycles. The molecule has 3 unspecified atom stereocenters. The van der Waals surface area contributed by atoms with Gasteiger partial charge in [-0.3, -0.25) is 9.59 Å². The van der Waals surface area contributed by atoms with E-state index in [0.717, 1.165) is 19.3 Å². The summed E-state index contributed by atoms with van der Waals surface area (Å²) in [5.74, 6) is 0.0652. The van der Waals surface area contributed by atoms with Crippen molar-refractivity contribution in [2.24, 2.45) is 0 Å². The van der Waals surface area contributed by atoms with Crippen molar-refractivity contribution in [3.8, 4) is 0 Å². The third kappa shape index (κ3) is 2.56. The van der Waals surface area contributed by atoms with Gasteiger partial charge in [-0.1, -0.05) is 20.8 Å². The summed E-state index contributed by atoms with van der Waals surface area (Å²) in [5.41, 5.74) is -0.733. The number of hydrogen-bond acceptors (Lipinski definition) is 3. The predicted molar refractivity (Wildman–Crippen MR) is 80.8 cm³/mol. The van der Waals surface area contributed by atoms with Gasteiger partial charge in [0.15, 0.2) is 0 Å². The first-order valence-corrected chi connectivity index (χ1v) is 8.22. The van der Waals surface area contributed by atoms with Crippen molar-refractivity contribution < 1.29 is 14.3 Å². The molecule has 1 heterocycles. The second kappa shape index (κ2) is 6.34. The maximum Gasteiger partial charge on any atom is 0.249 e. The van der Waals surface area contributed by atoms with E-state index in [0.29, 0.717) is 19.3 Å². The zero-order valence-electron chi connectivity index (χ0n) is 13.6. The molecule has 2 amide bonds. The molecule has 5 heteroatoms. The Bertz CT molecular complexity index is 406. The maximum absolute atomic E-state index is 13.1. The summed E-state index contributed by atoms with van der Waals surface area (Å²) in [5, 5.41) is 3.00. The molecule has 2 rings (SSSR count). The van der Waals surface area contributed by atoms with E-state index in [9.17, 15) is 9.59 Å². The van der Waals surface area contributed by atoms with Gasteiger partial charge in [0.2, 0.25) is 11.8 Å². The Morgan fingerprint density at radius 3 is 2.43 bits per heavy atom. The monoisotopic (exact) mass is 296 g/mol. The molecule has 0 aromatic carbocycles. The van der Waals surface area contributed by atoms with Gasteiger partial charge in [0, 0.05) is 7.11 Å². The predicted octanol–water partition coefficient (Wildman–Crippen LogP) is 1.85. The minimum absolute atomic E-state index is 0.0115. The molecule has 2 fully saturated rings. The number of methoxy groups -OCH3 is 1. The van der Waals surface area contributed by atoms with Crippen LogP contribution >= 0.6 is 0 Å². The second-order valence-corrected chi connectivity index (χ2v) is 6.19. The van der Waals surface area contributed by atoms with Crippen LogP contribution < -0.4 is 5.32 Å². The van der Waals surface area contributed by atoms with Crippen LogP contribution in [-0.4, -0.2) is 47.6 Å². The van der Waals surface area contributed by atoms with Gasteiger partial charge < -0.3 is 15.0 Å². The number of nitrogens with one attached hydrogen (secondary N) is 1. The molecule has 5 nitrogen and oxygen atoms in total. The fourth-order valence-corrected chi connectivity index (χ4v) is 3.88. The first-order valence-electron chi connectivity index (χ1n) is 8.22. The number of hydrogen-bond donors (Lipinski definition) is 1. The van der Waals surface area contributed by atoms with Gasteiger partial charge in [-0.15, -0.1) is 0 Å². The minimum Gasteiger partial charge on any atom is -0.379 e. The lowest BCUT2D eigenvalue weighted by molar-refractivity contribution is -0.161. The SMILES string of the molecule is CCC1C(=O)NC(CC)(CC)C(=O)N1C1CCCC1OC. The summed E-state index contributed by atoms with van der Waals surface area (Å²) in [4.78, 5) is 27.5. The minimum atomic E-state index is -0.733. The van der Waals surface area contributed by atoms with Gasteiger partial charge in [-0.2, -0.15) is 0 Å². The molecule has 3 atom stereocenters. The largest absolute Gasteiger partial charge is 0.379 e. The lowest BCUT2D eigenvalue weighted by Gasteiger charge is -2.48. The van der Waals surface area contributed by atoms with Crippen molar-refractivity contribution in [1.29, 1.82) is 0 Å². The average molecular weight is 296 g/mol. The van der Waals surface area contributed by atoms with E-state index >= 15 is 0 Å². The third-order valence-corrected chi connectivity index (χ3v) is 5.32. The Morgan fingerprint density at radius 1 is 1.24 bits per heavy atom. The average Bonchev–Trinajstić information content (AvgIpc) is 2.96. The summed E-state index contributed by atoms with van der Waals surface area (Å²) in [6.45, 7) is 5.90. The molecule has 1 saturated heterocycles. The molecule has 21 heavy (non-hydrogen) atoms. The molecule has 0 spiro atoms. The summed E-state index contributed by atoms with van der Waals surface area (Å²) in [6, 6.07) is -0.319. The Balaban J connectivity index is 2.37. The highest BCUT2D eigenvalue weighted by atomic mass is 16.5. The number of piperazine rings is 1. The molecule has 0 radical (unpaired) electrons. The number of nitrogens with zero attached hydrogens (tertiary/aromatic N) is 1. The number of carbonyl (C=O) groups is 2. The highest BCUT2D eigenvalue weighted by Gasteiger charge is 2.52.